The Kier molecular flexibility index (Phi) is 6.47. The molecule has 1 N–H and O–H groups in total. The number of hydrazone groups is 1. The Morgan fingerprint density at radius 3 is 2.40 bits per heavy atom. The van der Waals surface area contributed by atoms with Gasteiger partial charge < -0.3 is 9.30 Å². The smallest absolute Gasteiger partial charge is 0.340 e. The van der Waals surface area contributed by atoms with Crippen LogP contribution in [-0.4, -0.2) is 29.3 Å². The number of nitrogens with zero attached hydrogens (tertiary/aromatic N) is 2. The maximum atomic E-state index is 12.4. The number of amides is 1. The van der Waals surface area contributed by atoms with E-state index < -0.39 is 0 Å². The van der Waals surface area contributed by atoms with Gasteiger partial charge in [-0.1, -0.05) is 30.3 Å². The predicted molar refractivity (Wildman–Crippen MR) is 117 cm³/mol. The van der Waals surface area contributed by atoms with Crippen LogP contribution in [-0.2, 0) is 4.74 Å². The number of ether oxygens (including phenoxy) is 1. The molecule has 0 atom stereocenters. The van der Waals surface area contributed by atoms with Crippen LogP contribution in [0.1, 0.15) is 50.2 Å². The second-order valence-electron chi connectivity index (χ2n) is 6.91. The summed E-state index contributed by atoms with van der Waals surface area (Å²) in [6.45, 7) is 7.88. The number of carbonyl (C=O) groups excluding carboxylic acids is 2. The van der Waals surface area contributed by atoms with Crippen LogP contribution in [0, 0.1) is 20.8 Å². The molecular weight excluding hydrogens is 378 g/mol. The molecule has 0 bridgehead atoms. The van der Waals surface area contributed by atoms with Crippen LogP contribution < -0.4 is 5.43 Å². The van der Waals surface area contributed by atoms with E-state index in [9.17, 15) is 9.59 Å². The molecule has 1 amide bonds. The van der Waals surface area contributed by atoms with E-state index in [-0.39, 0.29) is 11.9 Å². The van der Waals surface area contributed by atoms with E-state index in [0.29, 0.717) is 17.7 Å². The Bertz CT molecular complexity index is 1110. The maximum absolute atomic E-state index is 12.4. The number of hydrogen-bond donors (Lipinski definition) is 1. The minimum absolute atomic E-state index is 0.259. The van der Waals surface area contributed by atoms with E-state index in [1.807, 2.05) is 67.8 Å². The molecule has 0 saturated carbocycles. The van der Waals surface area contributed by atoms with Crippen LogP contribution in [0.4, 0.5) is 0 Å². The van der Waals surface area contributed by atoms with Crippen molar-refractivity contribution in [3.05, 3.63) is 88.2 Å². The highest BCUT2D eigenvalue weighted by Crippen LogP contribution is 2.23. The molecule has 1 aromatic heterocycles. The van der Waals surface area contributed by atoms with Crippen molar-refractivity contribution >= 4 is 18.1 Å². The highest BCUT2D eigenvalue weighted by Gasteiger charge is 2.17. The normalized spacial score (nSPS) is 10.9. The summed E-state index contributed by atoms with van der Waals surface area (Å²) in [4.78, 5) is 24.7. The van der Waals surface area contributed by atoms with Gasteiger partial charge in [-0.2, -0.15) is 5.10 Å². The summed E-state index contributed by atoms with van der Waals surface area (Å²) in [6.07, 6.45) is 1.61. The van der Waals surface area contributed by atoms with Crippen LogP contribution in [0.3, 0.4) is 0 Å². The van der Waals surface area contributed by atoms with E-state index in [0.717, 1.165) is 28.2 Å². The number of hydrogen-bond acceptors (Lipinski definition) is 4. The Balaban J connectivity index is 1.87. The minimum atomic E-state index is -0.360. The maximum Gasteiger partial charge on any atom is 0.340 e. The van der Waals surface area contributed by atoms with Crippen LogP contribution in [0.2, 0.25) is 0 Å². The summed E-state index contributed by atoms with van der Waals surface area (Å²) in [7, 11) is 0. The summed E-state index contributed by atoms with van der Waals surface area (Å²) in [5.74, 6) is -0.618. The van der Waals surface area contributed by atoms with Crippen LogP contribution >= 0.6 is 0 Å². The summed E-state index contributed by atoms with van der Waals surface area (Å²) in [5, 5.41) is 4.13. The molecule has 30 heavy (non-hydrogen) atoms. The van der Waals surface area contributed by atoms with E-state index in [1.54, 1.807) is 25.3 Å². The number of carbonyl (C=O) groups is 2. The Labute approximate surface area is 176 Å². The topological polar surface area (TPSA) is 72.7 Å². The fourth-order valence-electron chi connectivity index (χ4n) is 3.39. The first-order valence-corrected chi connectivity index (χ1v) is 9.78. The van der Waals surface area contributed by atoms with Crippen molar-refractivity contribution in [1.82, 2.24) is 9.99 Å². The molecule has 6 nitrogen and oxygen atoms in total. The van der Waals surface area contributed by atoms with Gasteiger partial charge in [0.25, 0.3) is 5.91 Å². The average molecular weight is 403 g/mol. The standard InChI is InChI=1S/C24H25N3O3/c1-5-30-24(29)21-12-8-9-13-22(21)27-17(3)14-19(18(27)4)15-25-26-23(28)20-11-7-6-10-16(20)2/h6-15H,5H2,1-4H3,(H,26,28)/b25-15-. The van der Waals surface area contributed by atoms with Gasteiger partial charge in [0.15, 0.2) is 0 Å². The van der Waals surface area contributed by atoms with Crippen LogP contribution in [0.15, 0.2) is 59.7 Å². The molecule has 0 saturated heterocycles. The molecule has 0 aliphatic heterocycles. The second kappa shape index (κ2) is 9.22. The molecule has 0 radical (unpaired) electrons. The number of benzene rings is 2. The average Bonchev–Trinajstić information content (AvgIpc) is 3.01. The van der Waals surface area contributed by atoms with Crippen molar-refractivity contribution in [2.45, 2.75) is 27.7 Å². The monoisotopic (exact) mass is 403 g/mol. The van der Waals surface area contributed by atoms with Crippen molar-refractivity contribution in [1.29, 1.82) is 0 Å². The molecule has 6 heteroatoms. The third-order valence-electron chi connectivity index (χ3n) is 4.87. The fraction of sp³-hybridized carbons (Fsp3) is 0.208. The quantitative estimate of drug-likeness (QED) is 0.378. The Morgan fingerprint density at radius 2 is 1.70 bits per heavy atom. The minimum Gasteiger partial charge on any atom is -0.462 e. The number of para-hydroxylation sites is 1. The number of aryl methyl sites for hydroxylation is 2. The molecule has 0 fully saturated rings. The number of esters is 1. The highest BCUT2D eigenvalue weighted by atomic mass is 16.5. The second-order valence-corrected chi connectivity index (χ2v) is 6.91. The lowest BCUT2D eigenvalue weighted by Crippen LogP contribution is -2.18. The van der Waals surface area contributed by atoms with Crippen molar-refractivity contribution in [2.24, 2.45) is 5.10 Å². The lowest BCUT2D eigenvalue weighted by molar-refractivity contribution is 0.0526. The number of rotatable bonds is 6. The van der Waals surface area contributed by atoms with Gasteiger partial charge in [0.2, 0.25) is 0 Å². The predicted octanol–water partition coefficient (Wildman–Crippen LogP) is 4.34. The zero-order chi connectivity index (χ0) is 21.7. The van der Waals surface area contributed by atoms with Crippen molar-refractivity contribution in [2.75, 3.05) is 6.61 Å². The highest BCUT2D eigenvalue weighted by molar-refractivity contribution is 5.96. The fourth-order valence-corrected chi connectivity index (χ4v) is 3.39. The van der Waals surface area contributed by atoms with Crippen molar-refractivity contribution < 1.29 is 14.3 Å². The van der Waals surface area contributed by atoms with E-state index in [1.165, 1.54) is 0 Å². The third kappa shape index (κ3) is 4.33. The first kappa shape index (κ1) is 21.0. The largest absolute Gasteiger partial charge is 0.462 e. The van der Waals surface area contributed by atoms with Gasteiger partial charge in [0, 0.05) is 22.5 Å². The molecule has 0 spiro atoms. The third-order valence-corrected chi connectivity index (χ3v) is 4.87. The first-order valence-electron chi connectivity index (χ1n) is 9.78. The molecule has 154 valence electrons. The number of nitrogens with one attached hydrogen (secondary N) is 1. The lowest BCUT2D eigenvalue weighted by Gasteiger charge is -2.14. The van der Waals surface area contributed by atoms with E-state index >= 15 is 0 Å². The number of aromatic nitrogens is 1. The molecule has 0 aliphatic rings. The summed E-state index contributed by atoms with van der Waals surface area (Å²) in [5.41, 5.74) is 7.98. The summed E-state index contributed by atoms with van der Waals surface area (Å²) >= 11 is 0. The molecular formula is C24H25N3O3. The Hall–Kier alpha value is -3.67. The van der Waals surface area contributed by atoms with Gasteiger partial charge in [-0.25, -0.2) is 10.2 Å². The van der Waals surface area contributed by atoms with Gasteiger partial charge in [-0.05, 0) is 57.5 Å². The molecule has 1 heterocycles. The molecule has 0 unspecified atom stereocenters. The molecule has 3 rings (SSSR count). The van der Waals surface area contributed by atoms with Crippen molar-refractivity contribution in [3.63, 3.8) is 0 Å². The van der Waals surface area contributed by atoms with E-state index in [2.05, 4.69) is 10.5 Å². The summed E-state index contributed by atoms with van der Waals surface area (Å²) < 4.78 is 7.18. The van der Waals surface area contributed by atoms with E-state index in [4.69, 9.17) is 4.74 Å². The molecule has 3 aromatic rings. The zero-order valence-electron chi connectivity index (χ0n) is 17.6. The van der Waals surface area contributed by atoms with Crippen LogP contribution in [0.25, 0.3) is 5.69 Å². The zero-order valence-corrected chi connectivity index (χ0v) is 17.6. The molecule has 2 aromatic carbocycles. The van der Waals surface area contributed by atoms with Gasteiger partial charge in [-0.15, -0.1) is 0 Å². The van der Waals surface area contributed by atoms with Gasteiger partial charge in [0.1, 0.15) is 0 Å². The Morgan fingerprint density at radius 1 is 1.03 bits per heavy atom. The van der Waals surface area contributed by atoms with Crippen molar-refractivity contribution in [3.8, 4) is 5.69 Å². The molecule has 0 aliphatic carbocycles. The van der Waals surface area contributed by atoms with Crippen LogP contribution in [0.5, 0.6) is 0 Å². The van der Waals surface area contributed by atoms with Gasteiger partial charge >= 0.3 is 5.97 Å². The van der Waals surface area contributed by atoms with Gasteiger partial charge in [0.05, 0.1) is 24.1 Å². The lowest BCUT2D eigenvalue weighted by atomic mass is 10.1. The summed E-state index contributed by atoms with van der Waals surface area (Å²) in [6, 6.07) is 16.6. The van der Waals surface area contributed by atoms with Gasteiger partial charge in [-0.3, -0.25) is 4.79 Å². The SMILES string of the molecule is CCOC(=O)c1ccccc1-n1c(C)cc(/C=N\NC(=O)c2ccccc2C)c1C. The first-order chi connectivity index (χ1) is 14.4.